The smallest absolute Gasteiger partial charge is 0.326 e. The zero-order chi connectivity index (χ0) is 20.8. The lowest BCUT2D eigenvalue weighted by Gasteiger charge is -2.17. The van der Waals surface area contributed by atoms with Crippen LogP contribution in [0.4, 0.5) is 4.79 Å². The molecule has 1 aliphatic rings. The van der Waals surface area contributed by atoms with Gasteiger partial charge in [-0.15, -0.1) is 0 Å². The molecule has 0 radical (unpaired) electrons. The largest absolute Gasteiger partial charge is 0.493 e. The molecule has 1 saturated heterocycles. The van der Waals surface area contributed by atoms with Gasteiger partial charge in [-0.2, -0.15) is 0 Å². The quantitative estimate of drug-likeness (QED) is 0.291. The highest BCUT2D eigenvalue weighted by atomic mass is 127. The van der Waals surface area contributed by atoms with Crippen LogP contribution in [0.25, 0.3) is 6.08 Å². The number of amides is 2. The van der Waals surface area contributed by atoms with Gasteiger partial charge >= 0.3 is 5.97 Å². The number of carbonyl (C=O) groups is 3. The predicted molar refractivity (Wildman–Crippen MR) is 115 cm³/mol. The molecule has 0 saturated carbocycles. The number of nitrogens with zero attached hydrogens (tertiary/aromatic N) is 1. The minimum atomic E-state index is -0.617. The summed E-state index contributed by atoms with van der Waals surface area (Å²) in [4.78, 5) is 37.3. The maximum absolute atomic E-state index is 12.5. The number of benzene rings is 1. The maximum atomic E-state index is 12.5. The molecule has 152 valence electrons. The van der Waals surface area contributed by atoms with Crippen molar-refractivity contribution in [3.05, 3.63) is 26.2 Å². The second kappa shape index (κ2) is 10.1. The van der Waals surface area contributed by atoms with Crippen LogP contribution in [0.5, 0.6) is 11.5 Å². The first kappa shape index (κ1) is 22.5. The van der Waals surface area contributed by atoms with Crippen molar-refractivity contribution in [1.29, 1.82) is 0 Å². The first-order chi connectivity index (χ1) is 13.3. The minimum absolute atomic E-state index is 0.0349. The van der Waals surface area contributed by atoms with Crippen molar-refractivity contribution < 1.29 is 28.6 Å². The van der Waals surface area contributed by atoms with Crippen molar-refractivity contribution >= 4 is 57.5 Å². The summed E-state index contributed by atoms with van der Waals surface area (Å²) in [5.41, 5.74) is 0.694. The molecule has 0 aliphatic carbocycles. The van der Waals surface area contributed by atoms with Gasteiger partial charge in [-0.05, 0) is 78.4 Å². The lowest BCUT2D eigenvalue weighted by atomic mass is 10.1. The second-order valence-electron chi connectivity index (χ2n) is 5.94. The van der Waals surface area contributed by atoms with Crippen LogP contribution in [-0.4, -0.2) is 48.4 Å². The normalized spacial score (nSPS) is 16.5. The standard InChI is InChI=1S/C19H22INO6S/c1-5-11(3)27-17-13(20)7-12(8-14(17)25-4)9-15-18(23)21(19(24)28-15)10-16(22)26-6-2/h7-9,11H,5-6,10H2,1-4H3/b15-9+/t11-/m1/s1. The van der Waals surface area contributed by atoms with E-state index in [0.717, 1.165) is 26.7 Å². The number of methoxy groups -OCH3 is 1. The van der Waals surface area contributed by atoms with Crippen LogP contribution < -0.4 is 9.47 Å². The third kappa shape index (κ3) is 5.40. The van der Waals surface area contributed by atoms with E-state index in [1.54, 1.807) is 26.2 Å². The summed E-state index contributed by atoms with van der Waals surface area (Å²) < 4.78 is 17.0. The molecule has 0 unspecified atom stereocenters. The Kier molecular flexibility index (Phi) is 8.17. The fourth-order valence-corrected chi connectivity index (χ4v) is 3.94. The van der Waals surface area contributed by atoms with Crippen molar-refractivity contribution in [3.8, 4) is 11.5 Å². The molecule has 1 fully saturated rings. The third-order valence-electron chi connectivity index (χ3n) is 3.91. The highest BCUT2D eigenvalue weighted by Crippen LogP contribution is 2.37. The summed E-state index contributed by atoms with van der Waals surface area (Å²) in [6.07, 6.45) is 2.50. The van der Waals surface area contributed by atoms with Gasteiger partial charge in [0.2, 0.25) is 0 Å². The number of carbonyl (C=O) groups excluding carboxylic acids is 3. The molecule has 28 heavy (non-hydrogen) atoms. The van der Waals surface area contributed by atoms with E-state index in [1.165, 1.54) is 0 Å². The Morgan fingerprint density at radius 2 is 2.04 bits per heavy atom. The molecule has 2 rings (SSSR count). The molecule has 0 bridgehead atoms. The molecule has 2 amide bonds. The van der Waals surface area contributed by atoms with Gasteiger partial charge in [-0.1, -0.05) is 6.92 Å². The first-order valence-electron chi connectivity index (χ1n) is 8.75. The first-order valence-corrected chi connectivity index (χ1v) is 10.6. The zero-order valence-electron chi connectivity index (χ0n) is 16.1. The number of esters is 1. The summed E-state index contributed by atoms with van der Waals surface area (Å²) in [5, 5.41) is -0.498. The summed E-state index contributed by atoms with van der Waals surface area (Å²) >= 11 is 2.94. The topological polar surface area (TPSA) is 82.1 Å². The van der Waals surface area contributed by atoms with Gasteiger partial charge in [0, 0.05) is 0 Å². The Bertz CT molecular complexity index is 810. The van der Waals surface area contributed by atoms with Gasteiger partial charge in [0.15, 0.2) is 11.5 Å². The highest BCUT2D eigenvalue weighted by molar-refractivity contribution is 14.1. The lowest BCUT2D eigenvalue weighted by Crippen LogP contribution is -2.34. The number of halogens is 1. The Labute approximate surface area is 181 Å². The van der Waals surface area contributed by atoms with Gasteiger partial charge in [0.05, 0.1) is 28.3 Å². The summed E-state index contributed by atoms with van der Waals surface area (Å²) in [5.74, 6) is 0.0555. The molecule has 0 aromatic heterocycles. The molecular weight excluding hydrogens is 497 g/mol. The van der Waals surface area contributed by atoms with Crippen molar-refractivity contribution in [2.45, 2.75) is 33.3 Å². The lowest BCUT2D eigenvalue weighted by molar-refractivity contribution is -0.145. The maximum Gasteiger partial charge on any atom is 0.326 e. The van der Waals surface area contributed by atoms with E-state index < -0.39 is 23.7 Å². The Balaban J connectivity index is 2.27. The van der Waals surface area contributed by atoms with Crippen LogP contribution in [-0.2, 0) is 14.3 Å². The van der Waals surface area contributed by atoms with Crippen molar-refractivity contribution in [3.63, 3.8) is 0 Å². The fraction of sp³-hybridized carbons (Fsp3) is 0.421. The number of rotatable bonds is 8. The molecule has 1 aliphatic heterocycles. The monoisotopic (exact) mass is 519 g/mol. The zero-order valence-corrected chi connectivity index (χ0v) is 19.1. The van der Waals surface area contributed by atoms with Crippen LogP contribution in [0.2, 0.25) is 0 Å². The highest BCUT2D eigenvalue weighted by Gasteiger charge is 2.36. The molecule has 0 spiro atoms. The molecule has 1 aromatic carbocycles. The van der Waals surface area contributed by atoms with Crippen molar-refractivity contribution in [1.82, 2.24) is 4.90 Å². The van der Waals surface area contributed by atoms with Gasteiger partial charge < -0.3 is 14.2 Å². The minimum Gasteiger partial charge on any atom is -0.493 e. The van der Waals surface area contributed by atoms with Gasteiger partial charge in [0.1, 0.15) is 6.54 Å². The summed E-state index contributed by atoms with van der Waals surface area (Å²) in [7, 11) is 1.55. The van der Waals surface area contributed by atoms with Gasteiger partial charge in [-0.25, -0.2) is 0 Å². The molecule has 1 atom stereocenters. The van der Waals surface area contributed by atoms with Gasteiger partial charge in [0.25, 0.3) is 11.1 Å². The number of hydrogen-bond donors (Lipinski definition) is 0. The van der Waals surface area contributed by atoms with E-state index in [2.05, 4.69) is 22.6 Å². The average Bonchev–Trinajstić information content (AvgIpc) is 2.91. The van der Waals surface area contributed by atoms with Crippen LogP contribution >= 0.6 is 34.4 Å². The molecule has 7 nitrogen and oxygen atoms in total. The number of thioether (sulfide) groups is 1. The van der Waals surface area contributed by atoms with Gasteiger partial charge in [-0.3, -0.25) is 19.3 Å². The number of imide groups is 1. The number of ether oxygens (including phenoxy) is 3. The number of hydrogen-bond acceptors (Lipinski definition) is 7. The summed E-state index contributed by atoms with van der Waals surface area (Å²) in [6, 6.07) is 3.60. The van der Waals surface area contributed by atoms with Crippen molar-refractivity contribution in [2.75, 3.05) is 20.3 Å². The Morgan fingerprint density at radius 1 is 1.32 bits per heavy atom. The van der Waals surface area contributed by atoms with E-state index in [9.17, 15) is 14.4 Å². The summed E-state index contributed by atoms with van der Waals surface area (Å²) in [6.45, 7) is 5.47. The third-order valence-corrected chi connectivity index (χ3v) is 5.62. The van der Waals surface area contributed by atoms with Crippen LogP contribution in [0.15, 0.2) is 17.0 Å². The van der Waals surface area contributed by atoms with E-state index in [-0.39, 0.29) is 17.6 Å². The fourth-order valence-electron chi connectivity index (χ4n) is 2.35. The van der Waals surface area contributed by atoms with E-state index in [0.29, 0.717) is 17.1 Å². The Morgan fingerprint density at radius 3 is 2.64 bits per heavy atom. The second-order valence-corrected chi connectivity index (χ2v) is 8.10. The average molecular weight is 519 g/mol. The molecular formula is C19H22INO6S. The molecule has 9 heteroatoms. The molecule has 1 heterocycles. The van der Waals surface area contributed by atoms with E-state index in [1.807, 2.05) is 19.9 Å². The van der Waals surface area contributed by atoms with Crippen molar-refractivity contribution in [2.24, 2.45) is 0 Å². The predicted octanol–water partition coefficient (Wildman–Crippen LogP) is 4.08. The van der Waals surface area contributed by atoms with Crippen LogP contribution in [0.3, 0.4) is 0 Å². The van der Waals surface area contributed by atoms with Crippen LogP contribution in [0.1, 0.15) is 32.8 Å². The van der Waals surface area contributed by atoms with E-state index >= 15 is 0 Å². The SMILES string of the molecule is CCOC(=O)CN1C(=O)S/C(=C/c2cc(I)c(O[C@H](C)CC)c(OC)c2)C1=O. The van der Waals surface area contributed by atoms with E-state index in [4.69, 9.17) is 14.2 Å². The molecule has 0 N–H and O–H groups in total. The molecule has 1 aromatic rings. The Hall–Kier alpha value is -1.75. The van der Waals surface area contributed by atoms with Crippen LogP contribution in [0, 0.1) is 3.57 Å².